The van der Waals surface area contributed by atoms with E-state index in [9.17, 15) is 0 Å². The molecule has 0 spiro atoms. The molecule has 0 saturated heterocycles. The van der Waals surface area contributed by atoms with Crippen LogP contribution in [0.3, 0.4) is 0 Å². The van der Waals surface area contributed by atoms with Crippen molar-refractivity contribution in [1.29, 1.82) is 0 Å². The molecule has 0 aliphatic rings. The van der Waals surface area contributed by atoms with Crippen LogP contribution in [-0.4, -0.2) is 27.3 Å². The van der Waals surface area contributed by atoms with Gasteiger partial charge in [0.25, 0.3) is 0 Å². The maximum absolute atomic E-state index is 5.36. The number of rotatable bonds is 6. The van der Waals surface area contributed by atoms with E-state index in [-0.39, 0.29) is 0 Å². The van der Waals surface area contributed by atoms with Gasteiger partial charge in [-0.2, -0.15) is 0 Å². The number of likely N-dealkylation sites (N-methyl/N-ethyl adjacent to an activating group) is 1. The molecule has 21 heavy (non-hydrogen) atoms. The number of methoxy groups -OCH3 is 2. The molecule has 0 aliphatic heterocycles. The Morgan fingerprint density at radius 2 is 1.52 bits per heavy atom. The second-order valence-corrected chi connectivity index (χ2v) is 5.16. The van der Waals surface area contributed by atoms with E-state index in [4.69, 9.17) is 9.47 Å². The zero-order chi connectivity index (χ0) is 15.2. The van der Waals surface area contributed by atoms with Gasteiger partial charge in [-0.3, -0.25) is 0 Å². The predicted octanol–water partition coefficient (Wildman–Crippen LogP) is 3.52. The fourth-order valence-corrected chi connectivity index (χ4v) is 2.30. The number of ether oxygens (including phenoxy) is 2. The van der Waals surface area contributed by atoms with Crippen molar-refractivity contribution in [3.8, 4) is 22.6 Å². The minimum atomic E-state index is 0.483. The number of hydrogen-bond acceptors (Lipinski definition) is 3. The van der Waals surface area contributed by atoms with E-state index in [1.54, 1.807) is 14.2 Å². The Kier molecular flexibility index (Phi) is 5.23. The highest BCUT2D eigenvalue weighted by Gasteiger charge is 2.06. The van der Waals surface area contributed by atoms with Gasteiger partial charge in [-0.25, -0.2) is 0 Å². The Bertz CT molecular complexity index is 578. The predicted molar refractivity (Wildman–Crippen MR) is 87.2 cm³/mol. The largest absolute Gasteiger partial charge is 0.493 e. The van der Waals surface area contributed by atoms with Crippen molar-refractivity contribution in [3.63, 3.8) is 0 Å². The highest BCUT2D eigenvalue weighted by Crippen LogP contribution is 2.32. The van der Waals surface area contributed by atoms with Gasteiger partial charge in [-0.1, -0.05) is 30.3 Å². The zero-order valence-corrected chi connectivity index (χ0v) is 13.1. The average Bonchev–Trinajstić information content (AvgIpc) is 2.54. The molecule has 0 fully saturated rings. The molecule has 3 nitrogen and oxygen atoms in total. The fourth-order valence-electron chi connectivity index (χ4n) is 2.30. The van der Waals surface area contributed by atoms with Gasteiger partial charge in [-0.15, -0.1) is 0 Å². The molecule has 2 aromatic rings. The summed E-state index contributed by atoms with van der Waals surface area (Å²) in [6, 6.07) is 15.1. The SMILES string of the molecule is CNC(C)Cc1ccc(-c2ccc(OC)c(OC)c2)cc1. The monoisotopic (exact) mass is 285 g/mol. The molecule has 1 unspecified atom stereocenters. The molecular formula is C18H23NO2. The second kappa shape index (κ2) is 7.14. The van der Waals surface area contributed by atoms with Crippen molar-refractivity contribution in [2.75, 3.05) is 21.3 Å². The number of hydrogen-bond donors (Lipinski definition) is 1. The van der Waals surface area contributed by atoms with E-state index in [0.717, 1.165) is 23.5 Å². The van der Waals surface area contributed by atoms with E-state index in [1.165, 1.54) is 11.1 Å². The van der Waals surface area contributed by atoms with Crippen molar-refractivity contribution in [1.82, 2.24) is 5.32 Å². The molecule has 2 rings (SSSR count). The summed E-state index contributed by atoms with van der Waals surface area (Å²) in [6.45, 7) is 2.18. The summed E-state index contributed by atoms with van der Waals surface area (Å²) in [5.74, 6) is 1.50. The van der Waals surface area contributed by atoms with Crippen molar-refractivity contribution in [2.24, 2.45) is 0 Å². The maximum Gasteiger partial charge on any atom is 0.161 e. The Balaban J connectivity index is 2.22. The lowest BCUT2D eigenvalue weighted by atomic mass is 10.0. The van der Waals surface area contributed by atoms with Crippen LogP contribution in [-0.2, 0) is 6.42 Å². The van der Waals surface area contributed by atoms with Gasteiger partial charge in [0.2, 0.25) is 0 Å². The van der Waals surface area contributed by atoms with Gasteiger partial charge in [0, 0.05) is 6.04 Å². The summed E-state index contributed by atoms with van der Waals surface area (Å²) in [4.78, 5) is 0. The van der Waals surface area contributed by atoms with Crippen LogP contribution in [0.1, 0.15) is 12.5 Å². The molecule has 0 aliphatic carbocycles. The van der Waals surface area contributed by atoms with E-state index >= 15 is 0 Å². The first kappa shape index (κ1) is 15.4. The molecule has 0 amide bonds. The Hall–Kier alpha value is -2.00. The minimum absolute atomic E-state index is 0.483. The normalized spacial score (nSPS) is 12.0. The Morgan fingerprint density at radius 3 is 2.10 bits per heavy atom. The molecule has 3 heteroatoms. The first-order chi connectivity index (χ1) is 10.2. The van der Waals surface area contributed by atoms with Crippen molar-refractivity contribution in [2.45, 2.75) is 19.4 Å². The summed E-state index contributed by atoms with van der Waals surface area (Å²) in [7, 11) is 5.29. The molecule has 0 aromatic heterocycles. The molecule has 1 N–H and O–H groups in total. The summed E-state index contributed by atoms with van der Waals surface area (Å²) < 4.78 is 10.6. The molecular weight excluding hydrogens is 262 g/mol. The molecule has 0 bridgehead atoms. The van der Waals surface area contributed by atoms with Crippen molar-refractivity contribution >= 4 is 0 Å². The van der Waals surface area contributed by atoms with Crippen LogP contribution in [0.25, 0.3) is 11.1 Å². The van der Waals surface area contributed by atoms with E-state index in [0.29, 0.717) is 6.04 Å². The molecule has 1 atom stereocenters. The Labute approximate surface area is 126 Å². The van der Waals surface area contributed by atoms with Crippen molar-refractivity contribution in [3.05, 3.63) is 48.0 Å². The van der Waals surface area contributed by atoms with Crippen LogP contribution < -0.4 is 14.8 Å². The summed E-state index contributed by atoms with van der Waals surface area (Å²) in [5.41, 5.74) is 3.64. The van der Waals surface area contributed by atoms with Crippen molar-refractivity contribution < 1.29 is 9.47 Å². The number of nitrogens with one attached hydrogen (secondary N) is 1. The van der Waals surface area contributed by atoms with E-state index in [1.807, 2.05) is 25.2 Å². The molecule has 0 saturated carbocycles. The molecule has 2 aromatic carbocycles. The second-order valence-electron chi connectivity index (χ2n) is 5.16. The minimum Gasteiger partial charge on any atom is -0.493 e. The van der Waals surface area contributed by atoms with E-state index in [2.05, 4.69) is 36.5 Å². The van der Waals surface area contributed by atoms with Gasteiger partial charge >= 0.3 is 0 Å². The first-order valence-electron chi connectivity index (χ1n) is 7.16. The third-order valence-electron chi connectivity index (χ3n) is 3.71. The topological polar surface area (TPSA) is 30.5 Å². The molecule has 0 heterocycles. The van der Waals surface area contributed by atoms with Gasteiger partial charge in [0.15, 0.2) is 11.5 Å². The van der Waals surface area contributed by atoms with Gasteiger partial charge in [0.1, 0.15) is 0 Å². The fraction of sp³-hybridized carbons (Fsp3) is 0.333. The lowest BCUT2D eigenvalue weighted by Crippen LogP contribution is -2.23. The standard InChI is InChI=1S/C18H23NO2/c1-13(19-2)11-14-5-7-15(8-6-14)16-9-10-17(20-3)18(12-16)21-4/h5-10,12-13,19H,11H2,1-4H3. The summed E-state index contributed by atoms with van der Waals surface area (Å²) >= 11 is 0. The average molecular weight is 285 g/mol. The van der Waals surface area contributed by atoms with Gasteiger partial charge in [-0.05, 0) is 49.2 Å². The highest BCUT2D eigenvalue weighted by molar-refractivity contribution is 5.67. The third kappa shape index (κ3) is 3.76. The van der Waals surface area contributed by atoms with Crippen LogP contribution in [0.5, 0.6) is 11.5 Å². The van der Waals surface area contributed by atoms with Crippen LogP contribution in [0.4, 0.5) is 0 Å². The summed E-state index contributed by atoms with van der Waals surface area (Å²) in [6.07, 6.45) is 1.03. The summed E-state index contributed by atoms with van der Waals surface area (Å²) in [5, 5.41) is 3.26. The number of benzene rings is 2. The molecule has 0 radical (unpaired) electrons. The first-order valence-corrected chi connectivity index (χ1v) is 7.16. The van der Waals surface area contributed by atoms with E-state index < -0.39 is 0 Å². The molecule has 112 valence electrons. The quantitative estimate of drug-likeness (QED) is 0.881. The lowest BCUT2D eigenvalue weighted by molar-refractivity contribution is 0.355. The highest BCUT2D eigenvalue weighted by atomic mass is 16.5. The zero-order valence-electron chi connectivity index (χ0n) is 13.1. The van der Waals surface area contributed by atoms with Crippen LogP contribution in [0.2, 0.25) is 0 Å². The lowest BCUT2D eigenvalue weighted by Gasteiger charge is -2.12. The van der Waals surface area contributed by atoms with Crippen LogP contribution >= 0.6 is 0 Å². The van der Waals surface area contributed by atoms with Crippen LogP contribution in [0.15, 0.2) is 42.5 Å². The Morgan fingerprint density at radius 1 is 0.905 bits per heavy atom. The smallest absolute Gasteiger partial charge is 0.161 e. The van der Waals surface area contributed by atoms with Gasteiger partial charge in [0.05, 0.1) is 14.2 Å². The maximum atomic E-state index is 5.36. The van der Waals surface area contributed by atoms with Crippen LogP contribution in [0, 0.1) is 0 Å². The third-order valence-corrected chi connectivity index (χ3v) is 3.71. The van der Waals surface area contributed by atoms with Gasteiger partial charge < -0.3 is 14.8 Å².